The Kier molecular flexibility index (Phi) is 7.93. The number of anilines is 1. The van der Waals surface area contributed by atoms with Gasteiger partial charge in [0.15, 0.2) is 5.65 Å². The Bertz CT molecular complexity index is 1320. The SMILES string of the molecule is C=C1[C@@H](c2cnn3c(N)ncnc23)C[C@H](O)[C@H]1COP(=O)(NC(C)C(=O)OC(C)C)Oc1ccccc1. The van der Waals surface area contributed by atoms with Gasteiger partial charge in [-0.05, 0) is 39.3 Å². The summed E-state index contributed by atoms with van der Waals surface area (Å²) in [6.45, 7) is 8.95. The molecule has 4 rings (SSSR count). The number of nitrogens with one attached hydrogen (secondary N) is 1. The van der Waals surface area contributed by atoms with Crippen molar-refractivity contribution >= 4 is 25.3 Å². The lowest BCUT2D eigenvalue weighted by Crippen LogP contribution is -2.36. The zero-order valence-electron chi connectivity index (χ0n) is 20.9. The highest BCUT2D eigenvalue weighted by Gasteiger charge is 2.41. The van der Waals surface area contributed by atoms with E-state index in [0.717, 1.165) is 5.56 Å². The third-order valence-electron chi connectivity index (χ3n) is 6.05. The molecule has 0 amide bonds. The topological polar surface area (TPSA) is 163 Å². The second-order valence-electron chi connectivity index (χ2n) is 9.14. The van der Waals surface area contributed by atoms with E-state index in [9.17, 15) is 14.5 Å². The third kappa shape index (κ3) is 5.99. The minimum Gasteiger partial charge on any atom is -0.462 e. The molecular formula is C24H31N6O6P. The van der Waals surface area contributed by atoms with E-state index in [1.54, 1.807) is 50.4 Å². The van der Waals surface area contributed by atoms with Crippen LogP contribution in [0.4, 0.5) is 5.95 Å². The Morgan fingerprint density at radius 1 is 1.30 bits per heavy atom. The summed E-state index contributed by atoms with van der Waals surface area (Å²) in [6, 6.07) is 7.48. The molecule has 0 radical (unpaired) electrons. The van der Waals surface area contributed by atoms with Gasteiger partial charge < -0.3 is 20.1 Å². The van der Waals surface area contributed by atoms with E-state index in [1.165, 1.54) is 17.8 Å². The quantitative estimate of drug-likeness (QED) is 0.201. The van der Waals surface area contributed by atoms with Crippen molar-refractivity contribution in [2.75, 3.05) is 12.3 Å². The molecule has 2 heterocycles. The van der Waals surface area contributed by atoms with Crippen LogP contribution in [0.1, 0.15) is 38.7 Å². The number of aromatic nitrogens is 4. The van der Waals surface area contributed by atoms with E-state index in [0.29, 0.717) is 17.6 Å². The number of carbonyl (C=O) groups excluding carboxylic acids is 1. The Balaban J connectivity index is 1.51. The number of aliphatic hydroxyl groups excluding tert-OH is 1. The first kappa shape index (κ1) is 26.7. The molecule has 37 heavy (non-hydrogen) atoms. The average Bonchev–Trinajstić information content (AvgIpc) is 3.39. The smallest absolute Gasteiger partial charge is 0.459 e. The van der Waals surface area contributed by atoms with Crippen LogP contribution < -0.4 is 15.3 Å². The molecule has 0 aliphatic heterocycles. The van der Waals surface area contributed by atoms with Crippen molar-refractivity contribution in [2.45, 2.75) is 51.4 Å². The van der Waals surface area contributed by atoms with Gasteiger partial charge in [0.05, 0.1) is 25.0 Å². The molecule has 12 nitrogen and oxygen atoms in total. The molecule has 1 fully saturated rings. The predicted octanol–water partition coefficient (Wildman–Crippen LogP) is 2.86. The normalized spacial score (nSPS) is 22.2. The van der Waals surface area contributed by atoms with Crippen molar-refractivity contribution in [1.82, 2.24) is 24.7 Å². The zero-order chi connectivity index (χ0) is 26.7. The van der Waals surface area contributed by atoms with Crippen LogP contribution in [0.5, 0.6) is 5.75 Å². The molecule has 0 spiro atoms. The number of para-hydroxylation sites is 1. The van der Waals surface area contributed by atoms with E-state index in [-0.39, 0.29) is 30.3 Å². The molecule has 2 unspecified atom stereocenters. The highest BCUT2D eigenvalue weighted by atomic mass is 31.2. The summed E-state index contributed by atoms with van der Waals surface area (Å²) in [5.74, 6) is -0.968. The molecule has 0 saturated heterocycles. The first-order chi connectivity index (χ1) is 17.6. The van der Waals surface area contributed by atoms with Crippen LogP contribution in [0.15, 0.2) is 55.0 Å². The second kappa shape index (κ2) is 11.0. The van der Waals surface area contributed by atoms with Gasteiger partial charge >= 0.3 is 13.7 Å². The van der Waals surface area contributed by atoms with Crippen molar-refractivity contribution < 1.29 is 28.3 Å². The fourth-order valence-corrected chi connectivity index (χ4v) is 5.73. The molecule has 3 aromatic rings. The Labute approximate surface area is 214 Å². The maximum Gasteiger partial charge on any atom is 0.459 e. The average molecular weight is 531 g/mol. The minimum absolute atomic E-state index is 0.171. The number of nitrogen functional groups attached to an aromatic ring is 1. The van der Waals surface area contributed by atoms with E-state index in [4.69, 9.17) is 19.5 Å². The number of nitrogens with zero attached hydrogens (tertiary/aromatic N) is 4. The number of esters is 1. The van der Waals surface area contributed by atoms with Gasteiger partial charge in [-0.3, -0.25) is 9.32 Å². The lowest BCUT2D eigenvalue weighted by molar-refractivity contribution is -0.149. The van der Waals surface area contributed by atoms with Crippen molar-refractivity contribution in [1.29, 1.82) is 0 Å². The van der Waals surface area contributed by atoms with Gasteiger partial charge in [-0.2, -0.15) is 14.7 Å². The van der Waals surface area contributed by atoms with Gasteiger partial charge in [0.2, 0.25) is 5.95 Å². The predicted molar refractivity (Wildman–Crippen MR) is 136 cm³/mol. The molecule has 13 heteroatoms. The van der Waals surface area contributed by atoms with Crippen LogP contribution >= 0.6 is 7.75 Å². The van der Waals surface area contributed by atoms with Crippen LogP contribution in [0.2, 0.25) is 0 Å². The lowest BCUT2D eigenvalue weighted by Gasteiger charge is -2.25. The number of aliphatic hydroxyl groups is 1. The Morgan fingerprint density at radius 2 is 2.03 bits per heavy atom. The fraction of sp³-hybridized carbons (Fsp3) is 0.417. The van der Waals surface area contributed by atoms with Crippen LogP contribution in [0.25, 0.3) is 5.65 Å². The maximum absolute atomic E-state index is 13.8. The summed E-state index contributed by atoms with van der Waals surface area (Å²) < 4.78 is 31.9. The third-order valence-corrected chi connectivity index (χ3v) is 7.69. The first-order valence-electron chi connectivity index (χ1n) is 11.9. The van der Waals surface area contributed by atoms with Crippen LogP contribution in [0.3, 0.4) is 0 Å². The zero-order valence-corrected chi connectivity index (χ0v) is 21.7. The number of carbonyl (C=O) groups is 1. The van der Waals surface area contributed by atoms with Crippen molar-refractivity contribution in [3.8, 4) is 5.75 Å². The van der Waals surface area contributed by atoms with E-state index in [2.05, 4.69) is 26.7 Å². The molecule has 0 bridgehead atoms. The molecule has 1 aliphatic carbocycles. The van der Waals surface area contributed by atoms with E-state index in [1.807, 2.05) is 0 Å². The molecule has 1 aliphatic rings. The summed E-state index contributed by atoms with van der Waals surface area (Å²) >= 11 is 0. The molecular weight excluding hydrogens is 499 g/mol. The summed E-state index contributed by atoms with van der Waals surface area (Å²) in [5, 5.41) is 17.8. The number of fused-ring (bicyclic) bond motifs is 1. The van der Waals surface area contributed by atoms with Gasteiger partial charge in [-0.25, -0.2) is 14.5 Å². The molecule has 5 atom stereocenters. The number of hydrogen-bond donors (Lipinski definition) is 3. The van der Waals surface area contributed by atoms with Crippen molar-refractivity contribution in [2.24, 2.45) is 5.92 Å². The monoisotopic (exact) mass is 530 g/mol. The highest BCUT2D eigenvalue weighted by molar-refractivity contribution is 7.52. The minimum atomic E-state index is -4.08. The molecule has 4 N–H and O–H groups in total. The van der Waals surface area contributed by atoms with Gasteiger partial charge in [0.25, 0.3) is 0 Å². The molecule has 2 aromatic heterocycles. The van der Waals surface area contributed by atoms with Gasteiger partial charge in [0.1, 0.15) is 18.1 Å². The summed E-state index contributed by atoms with van der Waals surface area (Å²) in [7, 11) is -4.08. The Hall–Kier alpha value is -3.31. The van der Waals surface area contributed by atoms with E-state index >= 15 is 0 Å². The number of rotatable bonds is 10. The highest BCUT2D eigenvalue weighted by Crippen LogP contribution is 2.49. The fourth-order valence-electron chi connectivity index (χ4n) is 4.21. The van der Waals surface area contributed by atoms with Crippen LogP contribution in [0, 0.1) is 5.92 Å². The van der Waals surface area contributed by atoms with Gasteiger partial charge in [-0.1, -0.05) is 30.4 Å². The van der Waals surface area contributed by atoms with Gasteiger partial charge in [-0.15, -0.1) is 0 Å². The largest absolute Gasteiger partial charge is 0.462 e. The molecule has 1 aromatic carbocycles. The second-order valence-corrected chi connectivity index (χ2v) is 10.8. The summed E-state index contributed by atoms with van der Waals surface area (Å²) in [4.78, 5) is 20.6. The Morgan fingerprint density at radius 3 is 2.73 bits per heavy atom. The number of benzene rings is 1. The summed E-state index contributed by atoms with van der Waals surface area (Å²) in [6.07, 6.45) is 2.13. The van der Waals surface area contributed by atoms with Crippen molar-refractivity contribution in [3.05, 3.63) is 60.6 Å². The van der Waals surface area contributed by atoms with Crippen LogP contribution in [-0.2, 0) is 18.6 Å². The van der Waals surface area contributed by atoms with Crippen LogP contribution in [-0.4, -0.2) is 55.5 Å². The van der Waals surface area contributed by atoms with E-state index < -0.39 is 31.8 Å². The standard InChI is InChI=1S/C24H31N6O6P/c1-14(2)35-23(32)16(4)29-37(33,36-17-8-6-5-7-9-17)34-12-20-15(3)18(10-21(20)31)19-11-28-30-22(19)26-13-27-24(30)25/h5-9,11,13-14,16,18,20-21,31H,3,10,12H2,1-2,4H3,(H,29,33)(H2,25,26,27)/t16?,18-,20-,21-,37?/m0/s1. The lowest BCUT2D eigenvalue weighted by atomic mass is 9.94. The first-order valence-corrected chi connectivity index (χ1v) is 13.4. The number of hydrogen-bond acceptors (Lipinski definition) is 10. The maximum atomic E-state index is 13.8. The molecule has 1 saturated carbocycles. The molecule has 198 valence electrons. The summed E-state index contributed by atoms with van der Waals surface area (Å²) in [5.41, 5.74) is 7.80. The number of ether oxygens (including phenoxy) is 1. The van der Waals surface area contributed by atoms with Crippen molar-refractivity contribution in [3.63, 3.8) is 0 Å². The number of nitrogens with two attached hydrogens (primary N) is 1. The van der Waals surface area contributed by atoms with Gasteiger partial charge in [0, 0.05) is 17.4 Å².